The minimum Gasteiger partial charge on any atom is -0.538 e. The van der Waals surface area contributed by atoms with Crippen LogP contribution in [0.15, 0.2) is 88.4 Å². The van der Waals surface area contributed by atoms with E-state index in [4.69, 9.17) is 16.1 Å². The molecular weight excluding hydrogens is 386 g/mol. The number of halogens is 1. The van der Waals surface area contributed by atoms with Gasteiger partial charge in [0.15, 0.2) is 5.95 Å². The Labute approximate surface area is 172 Å². The summed E-state index contributed by atoms with van der Waals surface area (Å²) in [6.45, 7) is 0. The van der Waals surface area contributed by atoms with Crippen LogP contribution in [0.5, 0.6) is 5.95 Å². The van der Waals surface area contributed by atoms with Crippen molar-refractivity contribution in [3.05, 3.63) is 101 Å². The van der Waals surface area contributed by atoms with Crippen molar-refractivity contribution in [3.63, 3.8) is 0 Å². The predicted molar refractivity (Wildman–Crippen MR) is 109 cm³/mol. The maximum Gasteiger partial charge on any atom is 0.314 e. The first-order chi connectivity index (χ1) is 14.2. The standard InChI is InChI=1S/C23H14ClN3O2/c24-19-11-6-18(7-12-19)16-25-20-13-8-17(9-14-20)10-15-22-23(28)29-26-27(22)21-4-2-1-3-5-21/h1-9,11-14,16H. The van der Waals surface area contributed by atoms with Gasteiger partial charge in [-0.2, -0.15) is 0 Å². The highest BCUT2D eigenvalue weighted by Crippen LogP contribution is 2.14. The maximum absolute atomic E-state index is 11.9. The number of aromatic nitrogens is 2. The Hall–Kier alpha value is -3.88. The molecule has 0 atom stereocenters. The summed E-state index contributed by atoms with van der Waals surface area (Å²) in [5.74, 6) is 5.24. The van der Waals surface area contributed by atoms with E-state index in [0.717, 1.165) is 16.8 Å². The zero-order chi connectivity index (χ0) is 20.1. The Morgan fingerprint density at radius 1 is 0.931 bits per heavy atom. The molecule has 4 rings (SSSR count). The first-order valence-electron chi connectivity index (χ1n) is 8.75. The second kappa shape index (κ2) is 8.42. The molecule has 6 heteroatoms. The number of rotatable bonds is 3. The molecule has 1 aromatic heterocycles. The Kier molecular flexibility index (Phi) is 5.37. The molecule has 29 heavy (non-hydrogen) atoms. The third-order valence-electron chi connectivity index (χ3n) is 4.04. The topological polar surface area (TPSA) is 65.3 Å². The Morgan fingerprint density at radius 3 is 2.38 bits per heavy atom. The van der Waals surface area contributed by atoms with Gasteiger partial charge in [-0.1, -0.05) is 47.9 Å². The van der Waals surface area contributed by atoms with Gasteiger partial charge >= 0.3 is 5.69 Å². The first kappa shape index (κ1) is 18.5. The average molecular weight is 400 g/mol. The molecule has 0 bridgehead atoms. The molecule has 0 aliphatic carbocycles. The zero-order valence-electron chi connectivity index (χ0n) is 15.1. The number of hydrogen-bond acceptors (Lipinski definition) is 4. The Bertz CT molecular complexity index is 1200. The number of para-hydroxylation sites is 1. The summed E-state index contributed by atoms with van der Waals surface area (Å²) in [6, 6.07) is 24.0. The van der Waals surface area contributed by atoms with Crippen molar-refractivity contribution in [1.29, 1.82) is 0 Å². The third-order valence-corrected chi connectivity index (χ3v) is 4.29. The number of benzene rings is 3. The molecule has 0 saturated carbocycles. The summed E-state index contributed by atoms with van der Waals surface area (Å²) in [6.07, 6.45) is 1.76. The number of aliphatic imine (C=N–C) groups is 1. The minimum absolute atomic E-state index is 0.168. The van der Waals surface area contributed by atoms with E-state index in [1.807, 2.05) is 78.9 Å². The molecule has 0 N–H and O–H groups in total. The molecule has 140 valence electrons. The van der Waals surface area contributed by atoms with Crippen LogP contribution in [0.1, 0.15) is 16.8 Å². The average Bonchev–Trinajstić information content (AvgIpc) is 3.13. The highest BCUT2D eigenvalue weighted by Gasteiger charge is 2.17. The van der Waals surface area contributed by atoms with Crippen molar-refractivity contribution >= 4 is 23.5 Å². The van der Waals surface area contributed by atoms with Gasteiger partial charge in [0.25, 0.3) is 0 Å². The normalized spacial score (nSPS) is 10.7. The van der Waals surface area contributed by atoms with Crippen molar-refractivity contribution in [1.82, 2.24) is 5.27 Å². The maximum atomic E-state index is 11.9. The van der Waals surface area contributed by atoms with Gasteiger partial charge in [0.1, 0.15) is 0 Å². The van der Waals surface area contributed by atoms with Crippen LogP contribution in [0.4, 0.5) is 5.69 Å². The van der Waals surface area contributed by atoms with E-state index in [2.05, 4.69) is 22.1 Å². The molecule has 0 aliphatic rings. The lowest BCUT2D eigenvalue weighted by molar-refractivity contribution is -0.672. The Balaban J connectivity index is 1.53. The fourth-order valence-electron chi connectivity index (χ4n) is 2.56. The van der Waals surface area contributed by atoms with E-state index in [0.29, 0.717) is 10.7 Å². The van der Waals surface area contributed by atoms with Gasteiger partial charge in [-0.3, -0.25) is 4.99 Å². The van der Waals surface area contributed by atoms with Gasteiger partial charge in [-0.25, -0.2) is 0 Å². The molecule has 0 spiro atoms. The number of hydrogen-bond donors (Lipinski definition) is 0. The molecule has 0 saturated heterocycles. The molecule has 1 heterocycles. The van der Waals surface area contributed by atoms with Crippen molar-refractivity contribution in [2.24, 2.45) is 4.99 Å². The van der Waals surface area contributed by atoms with Crippen molar-refractivity contribution in [2.75, 3.05) is 0 Å². The van der Waals surface area contributed by atoms with E-state index >= 15 is 0 Å². The monoisotopic (exact) mass is 399 g/mol. The SMILES string of the molecule is [O-]c1on[n+](-c2ccccc2)c1C#Cc1ccc(N=Cc2ccc(Cl)cc2)cc1. The van der Waals surface area contributed by atoms with E-state index in [-0.39, 0.29) is 5.69 Å². The van der Waals surface area contributed by atoms with Gasteiger partial charge in [-0.05, 0) is 46.6 Å². The largest absolute Gasteiger partial charge is 0.538 e. The van der Waals surface area contributed by atoms with Crippen LogP contribution in [0.25, 0.3) is 5.69 Å². The zero-order valence-corrected chi connectivity index (χ0v) is 15.9. The van der Waals surface area contributed by atoms with Crippen LogP contribution >= 0.6 is 11.6 Å². The highest BCUT2D eigenvalue weighted by atomic mass is 35.5. The van der Waals surface area contributed by atoms with E-state index in [9.17, 15) is 5.11 Å². The molecule has 0 aliphatic heterocycles. The van der Waals surface area contributed by atoms with Gasteiger partial charge in [0, 0.05) is 34.9 Å². The van der Waals surface area contributed by atoms with Gasteiger partial charge < -0.3 is 9.63 Å². The van der Waals surface area contributed by atoms with Crippen LogP contribution in [0.3, 0.4) is 0 Å². The summed E-state index contributed by atoms with van der Waals surface area (Å²) >= 11 is 5.88. The van der Waals surface area contributed by atoms with Crippen molar-refractivity contribution < 1.29 is 14.3 Å². The molecule has 3 aromatic carbocycles. The number of nitrogens with zero attached hydrogens (tertiary/aromatic N) is 3. The lowest BCUT2D eigenvalue weighted by atomic mass is 10.2. The van der Waals surface area contributed by atoms with Crippen LogP contribution in [0, 0.1) is 11.8 Å². The summed E-state index contributed by atoms with van der Waals surface area (Å²) in [5.41, 5.74) is 3.37. The molecule has 5 nitrogen and oxygen atoms in total. The molecule has 4 aromatic rings. The highest BCUT2D eigenvalue weighted by molar-refractivity contribution is 6.30. The van der Waals surface area contributed by atoms with Crippen LogP contribution in [-0.4, -0.2) is 11.5 Å². The smallest absolute Gasteiger partial charge is 0.314 e. The molecular formula is C23H14ClN3O2. The van der Waals surface area contributed by atoms with Gasteiger partial charge in [-0.15, -0.1) is 0 Å². The second-order valence-corrected chi connectivity index (χ2v) is 6.50. The van der Waals surface area contributed by atoms with E-state index in [1.54, 1.807) is 6.21 Å². The van der Waals surface area contributed by atoms with E-state index in [1.165, 1.54) is 4.68 Å². The quantitative estimate of drug-likeness (QED) is 0.299. The molecule has 0 amide bonds. The summed E-state index contributed by atoms with van der Waals surface area (Å²) in [7, 11) is 0. The summed E-state index contributed by atoms with van der Waals surface area (Å²) < 4.78 is 6.16. The predicted octanol–water partition coefficient (Wildman–Crippen LogP) is 3.83. The first-order valence-corrected chi connectivity index (χ1v) is 9.13. The lowest BCUT2D eigenvalue weighted by Gasteiger charge is -1.96. The van der Waals surface area contributed by atoms with Crippen LogP contribution in [0.2, 0.25) is 5.02 Å². The fraction of sp³-hybridized carbons (Fsp3) is 0. The fourth-order valence-corrected chi connectivity index (χ4v) is 2.68. The third kappa shape index (κ3) is 4.52. The lowest BCUT2D eigenvalue weighted by Crippen LogP contribution is -2.35. The summed E-state index contributed by atoms with van der Waals surface area (Å²) in [5, 5.41) is 16.4. The molecule has 0 fully saturated rings. The molecule has 0 radical (unpaired) electrons. The van der Waals surface area contributed by atoms with Gasteiger partial charge in [0.05, 0.1) is 11.0 Å². The minimum atomic E-state index is -0.578. The van der Waals surface area contributed by atoms with Crippen molar-refractivity contribution in [2.45, 2.75) is 0 Å². The van der Waals surface area contributed by atoms with E-state index < -0.39 is 5.95 Å². The second-order valence-electron chi connectivity index (χ2n) is 6.06. The van der Waals surface area contributed by atoms with Crippen LogP contribution < -0.4 is 9.79 Å². The van der Waals surface area contributed by atoms with Crippen molar-refractivity contribution in [3.8, 4) is 23.5 Å². The summed E-state index contributed by atoms with van der Waals surface area (Å²) in [4.78, 5) is 4.43. The van der Waals surface area contributed by atoms with Gasteiger partial charge in [0.2, 0.25) is 5.69 Å². The Morgan fingerprint density at radius 2 is 1.66 bits per heavy atom. The molecule has 0 unspecified atom stereocenters. The van der Waals surface area contributed by atoms with Crippen LogP contribution in [-0.2, 0) is 0 Å².